The minimum atomic E-state index is -0.432. The summed E-state index contributed by atoms with van der Waals surface area (Å²) < 4.78 is 0. The van der Waals surface area contributed by atoms with Gasteiger partial charge in [0.05, 0.1) is 6.10 Å². The van der Waals surface area contributed by atoms with E-state index < -0.39 is 5.38 Å². The molecule has 1 amide bonds. The molecule has 0 bridgehead atoms. The van der Waals surface area contributed by atoms with Gasteiger partial charge in [-0.15, -0.1) is 11.6 Å². The molecule has 14 heavy (non-hydrogen) atoms. The first-order chi connectivity index (χ1) is 6.52. The number of aliphatic hydroxyl groups excluding tert-OH is 1. The van der Waals surface area contributed by atoms with Crippen molar-refractivity contribution in [3.05, 3.63) is 0 Å². The third-order valence-electron chi connectivity index (χ3n) is 2.87. The summed E-state index contributed by atoms with van der Waals surface area (Å²) in [5.41, 5.74) is 0. The number of halogens is 1. The summed E-state index contributed by atoms with van der Waals surface area (Å²) in [6, 6.07) is 0. The van der Waals surface area contributed by atoms with Gasteiger partial charge < -0.3 is 10.0 Å². The fourth-order valence-corrected chi connectivity index (χ4v) is 1.99. The quantitative estimate of drug-likeness (QED) is 0.710. The Morgan fingerprint density at radius 2 is 1.93 bits per heavy atom. The molecule has 1 fully saturated rings. The molecule has 1 aliphatic rings. The van der Waals surface area contributed by atoms with E-state index in [1.165, 1.54) is 0 Å². The van der Waals surface area contributed by atoms with Crippen LogP contribution in [0.25, 0.3) is 0 Å². The highest BCUT2D eigenvalue weighted by Crippen LogP contribution is 2.21. The van der Waals surface area contributed by atoms with Crippen molar-refractivity contribution in [1.29, 1.82) is 0 Å². The van der Waals surface area contributed by atoms with Gasteiger partial charge in [-0.05, 0) is 32.6 Å². The van der Waals surface area contributed by atoms with E-state index in [0.717, 1.165) is 25.9 Å². The van der Waals surface area contributed by atoms with Crippen molar-refractivity contribution in [2.24, 2.45) is 5.92 Å². The van der Waals surface area contributed by atoms with Gasteiger partial charge in [0.1, 0.15) is 5.38 Å². The van der Waals surface area contributed by atoms with E-state index in [0.29, 0.717) is 5.92 Å². The second-order valence-electron chi connectivity index (χ2n) is 4.02. The summed E-state index contributed by atoms with van der Waals surface area (Å²) in [6.45, 7) is 4.97. The summed E-state index contributed by atoms with van der Waals surface area (Å²) in [7, 11) is 0. The lowest BCUT2D eigenvalue weighted by Crippen LogP contribution is -2.43. The van der Waals surface area contributed by atoms with Crippen molar-refractivity contribution in [1.82, 2.24) is 4.90 Å². The van der Waals surface area contributed by atoms with Gasteiger partial charge >= 0.3 is 0 Å². The Morgan fingerprint density at radius 3 is 2.29 bits per heavy atom. The molecule has 0 aromatic rings. The lowest BCUT2D eigenvalue weighted by molar-refractivity contribution is -0.132. The second kappa shape index (κ2) is 4.99. The van der Waals surface area contributed by atoms with Crippen LogP contribution in [0.5, 0.6) is 0 Å². The van der Waals surface area contributed by atoms with Crippen molar-refractivity contribution in [3.8, 4) is 0 Å². The Labute approximate surface area is 90.0 Å². The smallest absolute Gasteiger partial charge is 0.240 e. The van der Waals surface area contributed by atoms with Crippen LogP contribution in [0.1, 0.15) is 26.7 Å². The third-order valence-corrected chi connectivity index (χ3v) is 3.06. The van der Waals surface area contributed by atoms with Crippen LogP contribution in [0.3, 0.4) is 0 Å². The molecule has 3 nitrogen and oxygen atoms in total. The van der Waals surface area contributed by atoms with E-state index in [9.17, 15) is 9.90 Å². The zero-order chi connectivity index (χ0) is 10.7. The number of amides is 1. The highest BCUT2D eigenvalue weighted by molar-refractivity contribution is 6.30. The third kappa shape index (κ3) is 2.85. The molecule has 1 saturated heterocycles. The molecule has 82 valence electrons. The first-order valence-electron chi connectivity index (χ1n) is 5.13. The van der Waals surface area contributed by atoms with Crippen molar-refractivity contribution in [3.63, 3.8) is 0 Å². The van der Waals surface area contributed by atoms with Gasteiger partial charge in [-0.3, -0.25) is 4.79 Å². The minimum absolute atomic E-state index is 0.00992. The van der Waals surface area contributed by atoms with Crippen LogP contribution in [0.2, 0.25) is 0 Å². The molecule has 2 atom stereocenters. The van der Waals surface area contributed by atoms with E-state index in [2.05, 4.69) is 0 Å². The molecular weight excluding hydrogens is 202 g/mol. The molecule has 0 aliphatic carbocycles. The molecule has 1 rings (SSSR count). The summed E-state index contributed by atoms with van der Waals surface area (Å²) >= 11 is 5.72. The molecule has 4 heteroatoms. The zero-order valence-electron chi connectivity index (χ0n) is 8.74. The van der Waals surface area contributed by atoms with Crippen LogP contribution >= 0.6 is 11.6 Å². The largest absolute Gasteiger partial charge is 0.393 e. The first kappa shape index (κ1) is 11.8. The van der Waals surface area contributed by atoms with E-state index in [-0.39, 0.29) is 12.0 Å². The standard InChI is InChI=1S/C10H18ClNO2/c1-7(11)10(14)12-5-3-9(4-6-12)8(2)13/h7-9,13H,3-6H2,1-2H3/t7-,8+/m1/s1. The molecule has 1 N–H and O–H groups in total. The Bertz CT molecular complexity index is 198. The molecule has 0 aromatic carbocycles. The summed E-state index contributed by atoms with van der Waals surface area (Å²) in [6.07, 6.45) is 1.50. The van der Waals surface area contributed by atoms with Crippen LogP contribution in [0.15, 0.2) is 0 Å². The molecule has 0 aromatic heterocycles. The van der Waals surface area contributed by atoms with Gasteiger partial charge in [-0.25, -0.2) is 0 Å². The number of piperidine rings is 1. The van der Waals surface area contributed by atoms with Gasteiger partial charge in [-0.1, -0.05) is 0 Å². The predicted octanol–water partition coefficient (Wildman–Crippen LogP) is 1.23. The average Bonchev–Trinajstić information content (AvgIpc) is 2.16. The highest BCUT2D eigenvalue weighted by atomic mass is 35.5. The maximum Gasteiger partial charge on any atom is 0.240 e. The molecule has 1 heterocycles. The van der Waals surface area contributed by atoms with Gasteiger partial charge in [-0.2, -0.15) is 0 Å². The van der Waals surface area contributed by atoms with Crippen molar-refractivity contribution < 1.29 is 9.90 Å². The van der Waals surface area contributed by atoms with Gasteiger partial charge in [0.15, 0.2) is 0 Å². The SMILES string of the molecule is C[C@H](O)C1CCN(C(=O)[C@@H](C)Cl)CC1. The Balaban J connectivity index is 2.39. The molecule has 0 radical (unpaired) electrons. The Morgan fingerprint density at radius 1 is 1.43 bits per heavy atom. The van der Waals surface area contributed by atoms with Crippen LogP contribution in [-0.2, 0) is 4.79 Å². The van der Waals surface area contributed by atoms with Crippen LogP contribution in [0.4, 0.5) is 0 Å². The molecule has 1 aliphatic heterocycles. The molecule has 0 unspecified atom stereocenters. The summed E-state index contributed by atoms with van der Waals surface area (Å²) in [5.74, 6) is 0.348. The highest BCUT2D eigenvalue weighted by Gasteiger charge is 2.26. The maximum absolute atomic E-state index is 11.5. The fourth-order valence-electron chi connectivity index (χ4n) is 1.85. The van der Waals surface area contributed by atoms with Crippen LogP contribution in [-0.4, -0.2) is 40.5 Å². The monoisotopic (exact) mass is 219 g/mol. The topological polar surface area (TPSA) is 40.5 Å². The number of alkyl halides is 1. The first-order valence-corrected chi connectivity index (χ1v) is 5.57. The molecular formula is C10H18ClNO2. The fraction of sp³-hybridized carbons (Fsp3) is 0.900. The van der Waals surface area contributed by atoms with Crippen LogP contribution in [0, 0.1) is 5.92 Å². The van der Waals surface area contributed by atoms with Gasteiger partial charge in [0.25, 0.3) is 0 Å². The van der Waals surface area contributed by atoms with E-state index in [1.54, 1.807) is 11.8 Å². The van der Waals surface area contributed by atoms with Gasteiger partial charge in [0.2, 0.25) is 5.91 Å². The number of carbonyl (C=O) groups is 1. The number of aliphatic hydroxyl groups is 1. The molecule has 0 spiro atoms. The number of nitrogens with zero attached hydrogens (tertiary/aromatic N) is 1. The Kier molecular flexibility index (Phi) is 4.20. The van der Waals surface area contributed by atoms with E-state index in [1.807, 2.05) is 6.92 Å². The number of hydrogen-bond donors (Lipinski definition) is 1. The summed E-state index contributed by atoms with van der Waals surface area (Å²) in [5, 5.41) is 8.95. The second-order valence-corrected chi connectivity index (χ2v) is 4.67. The number of hydrogen-bond acceptors (Lipinski definition) is 2. The lowest BCUT2D eigenvalue weighted by Gasteiger charge is -2.33. The Hall–Kier alpha value is -0.280. The average molecular weight is 220 g/mol. The van der Waals surface area contributed by atoms with Crippen molar-refractivity contribution in [2.45, 2.75) is 38.2 Å². The predicted molar refractivity (Wildman–Crippen MR) is 56.3 cm³/mol. The van der Waals surface area contributed by atoms with Crippen molar-refractivity contribution in [2.75, 3.05) is 13.1 Å². The number of rotatable bonds is 2. The normalized spacial score (nSPS) is 23.3. The van der Waals surface area contributed by atoms with Crippen molar-refractivity contribution >= 4 is 17.5 Å². The molecule has 0 saturated carbocycles. The lowest BCUT2D eigenvalue weighted by atomic mass is 9.92. The number of carbonyl (C=O) groups excluding carboxylic acids is 1. The minimum Gasteiger partial charge on any atom is -0.393 e. The van der Waals surface area contributed by atoms with E-state index in [4.69, 9.17) is 11.6 Å². The maximum atomic E-state index is 11.5. The zero-order valence-corrected chi connectivity index (χ0v) is 9.50. The van der Waals surface area contributed by atoms with Crippen LogP contribution < -0.4 is 0 Å². The number of likely N-dealkylation sites (tertiary alicyclic amines) is 1. The van der Waals surface area contributed by atoms with E-state index >= 15 is 0 Å². The van der Waals surface area contributed by atoms with Gasteiger partial charge in [0, 0.05) is 13.1 Å². The summed E-state index contributed by atoms with van der Waals surface area (Å²) in [4.78, 5) is 13.3.